The maximum Gasteiger partial charge on any atom is 0.238 e. The number of hydrogen-bond donors (Lipinski definition) is 1. The number of hydrogen-bond acceptors (Lipinski definition) is 5. The van der Waals surface area contributed by atoms with Crippen LogP contribution >= 0.6 is 0 Å². The van der Waals surface area contributed by atoms with Crippen LogP contribution in [0.1, 0.15) is 38.5 Å². The highest BCUT2D eigenvalue weighted by Gasteiger charge is 2.58. The highest BCUT2D eigenvalue weighted by Crippen LogP contribution is 2.48. The molecule has 0 atom stereocenters. The van der Waals surface area contributed by atoms with Gasteiger partial charge in [-0.15, -0.1) is 0 Å². The number of nitrogens with one attached hydrogen (secondary N) is 1. The maximum absolute atomic E-state index is 13.0. The SMILES string of the molecule is O=C(NC1CCCC1)C1(C(=O)N2CCN(c3ncccn3)CC2)CC1. The molecule has 2 saturated carbocycles. The van der Waals surface area contributed by atoms with Gasteiger partial charge in [0, 0.05) is 44.6 Å². The van der Waals surface area contributed by atoms with Gasteiger partial charge in [0.15, 0.2) is 0 Å². The number of anilines is 1. The number of rotatable bonds is 4. The minimum atomic E-state index is -0.784. The summed E-state index contributed by atoms with van der Waals surface area (Å²) < 4.78 is 0. The van der Waals surface area contributed by atoms with Crippen molar-refractivity contribution in [2.24, 2.45) is 5.41 Å². The Morgan fingerprint density at radius 2 is 1.68 bits per heavy atom. The summed E-state index contributed by atoms with van der Waals surface area (Å²) >= 11 is 0. The molecule has 1 saturated heterocycles. The van der Waals surface area contributed by atoms with E-state index < -0.39 is 5.41 Å². The van der Waals surface area contributed by atoms with Crippen LogP contribution in [0.3, 0.4) is 0 Å². The maximum atomic E-state index is 13.0. The van der Waals surface area contributed by atoms with E-state index in [9.17, 15) is 9.59 Å². The molecule has 0 spiro atoms. The average Bonchev–Trinajstić information content (AvgIpc) is 3.33. The summed E-state index contributed by atoms with van der Waals surface area (Å²) in [6, 6.07) is 2.06. The lowest BCUT2D eigenvalue weighted by Gasteiger charge is -2.36. The Morgan fingerprint density at radius 1 is 1.04 bits per heavy atom. The number of piperazine rings is 1. The smallest absolute Gasteiger partial charge is 0.238 e. The molecule has 1 aromatic rings. The van der Waals surface area contributed by atoms with Gasteiger partial charge in [-0.05, 0) is 31.7 Å². The van der Waals surface area contributed by atoms with Gasteiger partial charge in [-0.2, -0.15) is 0 Å². The third-order valence-corrected chi connectivity index (χ3v) is 5.69. The van der Waals surface area contributed by atoms with Gasteiger partial charge >= 0.3 is 0 Å². The molecule has 3 fully saturated rings. The predicted octanol–water partition coefficient (Wildman–Crippen LogP) is 0.964. The molecule has 3 aliphatic rings. The number of carbonyl (C=O) groups is 2. The Hall–Kier alpha value is -2.18. The first-order valence-electron chi connectivity index (χ1n) is 9.31. The van der Waals surface area contributed by atoms with Gasteiger partial charge in [0.1, 0.15) is 5.41 Å². The van der Waals surface area contributed by atoms with Gasteiger partial charge in [0.05, 0.1) is 0 Å². The van der Waals surface area contributed by atoms with Crippen LogP contribution in [0.2, 0.25) is 0 Å². The highest BCUT2D eigenvalue weighted by molar-refractivity contribution is 6.08. The van der Waals surface area contributed by atoms with Crippen molar-refractivity contribution in [2.75, 3.05) is 31.1 Å². The van der Waals surface area contributed by atoms with Crippen LogP contribution in [0, 0.1) is 5.41 Å². The van der Waals surface area contributed by atoms with E-state index in [1.165, 1.54) is 12.8 Å². The highest BCUT2D eigenvalue weighted by atomic mass is 16.2. The molecule has 2 aliphatic carbocycles. The van der Waals surface area contributed by atoms with Gasteiger partial charge in [0.2, 0.25) is 17.8 Å². The fourth-order valence-electron chi connectivity index (χ4n) is 3.92. The Balaban J connectivity index is 1.34. The minimum absolute atomic E-state index is 0.0108. The molecule has 1 N–H and O–H groups in total. The molecule has 0 aromatic carbocycles. The largest absolute Gasteiger partial charge is 0.352 e. The van der Waals surface area contributed by atoms with Crippen LogP contribution in [0.15, 0.2) is 18.5 Å². The number of carbonyl (C=O) groups excluding carboxylic acids is 2. The van der Waals surface area contributed by atoms with Crippen molar-refractivity contribution < 1.29 is 9.59 Å². The summed E-state index contributed by atoms with van der Waals surface area (Å²) in [5.74, 6) is 0.671. The topological polar surface area (TPSA) is 78.4 Å². The number of aromatic nitrogens is 2. The van der Waals surface area contributed by atoms with E-state index in [1.807, 2.05) is 4.90 Å². The van der Waals surface area contributed by atoms with Crippen molar-refractivity contribution in [2.45, 2.75) is 44.6 Å². The normalized spacial score (nSPS) is 22.7. The minimum Gasteiger partial charge on any atom is -0.352 e. The standard InChI is InChI=1S/C18H25N5O2/c24-15(21-14-4-1-2-5-14)18(6-7-18)16(25)22-10-12-23(13-11-22)17-19-8-3-9-20-17/h3,8-9,14H,1-2,4-7,10-13H2,(H,21,24). The van der Waals surface area contributed by atoms with Crippen LogP contribution in [-0.2, 0) is 9.59 Å². The van der Waals surface area contributed by atoms with Gasteiger partial charge in [-0.25, -0.2) is 9.97 Å². The molecule has 134 valence electrons. The van der Waals surface area contributed by atoms with Crippen molar-refractivity contribution in [3.63, 3.8) is 0 Å². The second kappa shape index (κ2) is 6.61. The fourth-order valence-corrected chi connectivity index (χ4v) is 3.92. The molecule has 7 nitrogen and oxygen atoms in total. The lowest BCUT2D eigenvalue weighted by Crippen LogP contribution is -2.54. The zero-order valence-corrected chi connectivity index (χ0v) is 14.5. The molecule has 7 heteroatoms. The Kier molecular flexibility index (Phi) is 4.31. The molecule has 1 aliphatic heterocycles. The zero-order valence-electron chi connectivity index (χ0n) is 14.5. The van der Waals surface area contributed by atoms with E-state index in [1.54, 1.807) is 18.5 Å². The molecule has 1 aromatic heterocycles. The number of amides is 2. The second-order valence-corrected chi connectivity index (χ2v) is 7.36. The molecule has 0 unspecified atom stereocenters. The molecule has 0 radical (unpaired) electrons. The second-order valence-electron chi connectivity index (χ2n) is 7.36. The van der Waals surface area contributed by atoms with Crippen molar-refractivity contribution in [1.29, 1.82) is 0 Å². The Labute approximate surface area is 147 Å². The summed E-state index contributed by atoms with van der Waals surface area (Å²) in [6.07, 6.45) is 9.28. The summed E-state index contributed by atoms with van der Waals surface area (Å²) in [5.41, 5.74) is -0.784. The zero-order chi connectivity index (χ0) is 17.3. The van der Waals surface area contributed by atoms with Crippen molar-refractivity contribution in [1.82, 2.24) is 20.2 Å². The first-order chi connectivity index (χ1) is 12.2. The number of nitrogens with zero attached hydrogens (tertiary/aromatic N) is 4. The molecule has 4 rings (SSSR count). The summed E-state index contributed by atoms with van der Waals surface area (Å²) in [5, 5.41) is 3.12. The third-order valence-electron chi connectivity index (χ3n) is 5.69. The first-order valence-corrected chi connectivity index (χ1v) is 9.31. The van der Waals surface area contributed by atoms with Gasteiger partial charge in [0.25, 0.3) is 0 Å². The van der Waals surface area contributed by atoms with Crippen LogP contribution in [0.5, 0.6) is 0 Å². The van der Waals surface area contributed by atoms with Gasteiger partial charge in [-0.1, -0.05) is 12.8 Å². The lowest BCUT2D eigenvalue weighted by molar-refractivity contribution is -0.144. The predicted molar refractivity (Wildman–Crippen MR) is 92.9 cm³/mol. The molecule has 2 heterocycles. The molecule has 25 heavy (non-hydrogen) atoms. The van der Waals surface area contributed by atoms with Crippen LogP contribution in [0.4, 0.5) is 5.95 Å². The Bertz CT molecular complexity index is 632. The monoisotopic (exact) mass is 343 g/mol. The van der Waals surface area contributed by atoms with Crippen molar-refractivity contribution >= 4 is 17.8 Å². The third kappa shape index (κ3) is 3.19. The van der Waals surface area contributed by atoms with Gasteiger partial charge in [-0.3, -0.25) is 9.59 Å². The van der Waals surface area contributed by atoms with Crippen molar-refractivity contribution in [3.05, 3.63) is 18.5 Å². The quantitative estimate of drug-likeness (QED) is 0.824. The molecular formula is C18H25N5O2. The Morgan fingerprint density at radius 3 is 2.28 bits per heavy atom. The summed E-state index contributed by atoms with van der Waals surface area (Å²) in [6.45, 7) is 2.65. The van der Waals surface area contributed by atoms with E-state index in [-0.39, 0.29) is 17.9 Å². The van der Waals surface area contributed by atoms with E-state index in [4.69, 9.17) is 0 Å². The first kappa shape index (κ1) is 16.3. The molecular weight excluding hydrogens is 318 g/mol. The van der Waals surface area contributed by atoms with E-state index in [0.29, 0.717) is 45.0 Å². The lowest BCUT2D eigenvalue weighted by atomic mass is 10.0. The van der Waals surface area contributed by atoms with Crippen LogP contribution in [0.25, 0.3) is 0 Å². The van der Waals surface area contributed by atoms with Gasteiger partial charge < -0.3 is 15.1 Å². The van der Waals surface area contributed by atoms with E-state index in [2.05, 4.69) is 20.2 Å². The summed E-state index contributed by atoms with van der Waals surface area (Å²) in [4.78, 5) is 38.1. The summed E-state index contributed by atoms with van der Waals surface area (Å²) in [7, 11) is 0. The van der Waals surface area contributed by atoms with Crippen molar-refractivity contribution in [3.8, 4) is 0 Å². The average molecular weight is 343 g/mol. The molecule has 2 amide bonds. The van der Waals surface area contributed by atoms with E-state index in [0.717, 1.165) is 12.8 Å². The fraction of sp³-hybridized carbons (Fsp3) is 0.667. The van der Waals surface area contributed by atoms with E-state index >= 15 is 0 Å². The van der Waals surface area contributed by atoms with Crippen LogP contribution in [-0.4, -0.2) is 58.9 Å². The van der Waals surface area contributed by atoms with Crippen LogP contribution < -0.4 is 10.2 Å². The molecule has 0 bridgehead atoms.